The summed E-state index contributed by atoms with van der Waals surface area (Å²) in [6.45, 7) is 7.08. The maximum atomic E-state index is 12.2. The van der Waals surface area contributed by atoms with Gasteiger partial charge in [0.1, 0.15) is 5.60 Å². The average molecular weight is 315 g/mol. The van der Waals surface area contributed by atoms with Crippen LogP contribution in [0.1, 0.15) is 31.2 Å². The second-order valence-corrected chi connectivity index (χ2v) is 7.71. The molecule has 0 aliphatic carbocycles. The smallest absolute Gasteiger partial charge is 0.410 e. The molecule has 1 aliphatic heterocycles. The Morgan fingerprint density at radius 2 is 1.95 bits per heavy atom. The summed E-state index contributed by atoms with van der Waals surface area (Å²) < 4.78 is 5.47. The van der Waals surface area contributed by atoms with Crippen molar-refractivity contribution in [2.24, 2.45) is 0 Å². The van der Waals surface area contributed by atoms with Gasteiger partial charge < -0.3 is 9.64 Å². The molecule has 3 nitrogen and oxygen atoms in total. The first-order valence-electron chi connectivity index (χ1n) is 7.57. The lowest BCUT2D eigenvalue weighted by Crippen LogP contribution is -2.39. The number of hydrogen-bond donors (Lipinski definition) is 0. The van der Waals surface area contributed by atoms with Crippen molar-refractivity contribution in [3.63, 3.8) is 0 Å². The van der Waals surface area contributed by atoms with E-state index in [1.165, 1.54) is 20.9 Å². The molecule has 0 spiro atoms. The summed E-state index contributed by atoms with van der Waals surface area (Å²) in [7, 11) is 0. The number of rotatable bonds is 1. The van der Waals surface area contributed by atoms with Gasteiger partial charge in [-0.1, -0.05) is 30.3 Å². The van der Waals surface area contributed by atoms with Crippen molar-refractivity contribution in [3.8, 4) is 10.4 Å². The van der Waals surface area contributed by atoms with Crippen LogP contribution in [0.15, 0.2) is 36.4 Å². The summed E-state index contributed by atoms with van der Waals surface area (Å²) in [6, 6.07) is 12.6. The quantitative estimate of drug-likeness (QED) is 0.763. The Kier molecular flexibility index (Phi) is 3.96. The van der Waals surface area contributed by atoms with E-state index in [1.807, 2.05) is 38.2 Å². The Morgan fingerprint density at radius 3 is 2.64 bits per heavy atom. The zero-order valence-corrected chi connectivity index (χ0v) is 14.1. The van der Waals surface area contributed by atoms with Crippen LogP contribution >= 0.6 is 11.3 Å². The lowest BCUT2D eigenvalue weighted by Gasteiger charge is -2.29. The van der Waals surface area contributed by atoms with Gasteiger partial charge in [-0.2, -0.15) is 0 Å². The minimum atomic E-state index is -0.443. The number of benzene rings is 1. The van der Waals surface area contributed by atoms with E-state index in [2.05, 4.69) is 30.3 Å². The van der Waals surface area contributed by atoms with Crippen LogP contribution in [0.25, 0.3) is 10.4 Å². The zero-order valence-electron chi connectivity index (χ0n) is 13.3. The summed E-state index contributed by atoms with van der Waals surface area (Å²) in [6.07, 6.45) is 0.692. The number of carbonyl (C=O) groups is 1. The van der Waals surface area contributed by atoms with E-state index in [1.54, 1.807) is 4.90 Å². The Labute approximate surface area is 135 Å². The van der Waals surface area contributed by atoms with Crippen molar-refractivity contribution in [1.82, 2.24) is 4.90 Å². The highest BCUT2D eigenvalue weighted by molar-refractivity contribution is 7.15. The molecule has 116 valence electrons. The van der Waals surface area contributed by atoms with E-state index in [4.69, 9.17) is 4.74 Å². The molecule has 1 aromatic carbocycles. The van der Waals surface area contributed by atoms with Gasteiger partial charge in [-0.25, -0.2) is 4.79 Å². The minimum absolute atomic E-state index is 0.217. The Morgan fingerprint density at radius 1 is 1.23 bits per heavy atom. The highest BCUT2D eigenvalue weighted by Crippen LogP contribution is 2.34. The summed E-state index contributed by atoms with van der Waals surface area (Å²) in [5.74, 6) is 0. The summed E-state index contributed by atoms with van der Waals surface area (Å²) in [5.41, 5.74) is 2.05. The van der Waals surface area contributed by atoms with Gasteiger partial charge in [-0.05, 0) is 44.4 Å². The number of carbonyl (C=O) groups excluding carboxylic acids is 1. The van der Waals surface area contributed by atoms with Crippen molar-refractivity contribution in [1.29, 1.82) is 0 Å². The van der Waals surface area contributed by atoms with Crippen molar-refractivity contribution in [2.45, 2.75) is 39.3 Å². The van der Waals surface area contributed by atoms with E-state index < -0.39 is 5.60 Å². The van der Waals surface area contributed by atoms with Crippen LogP contribution in [0.4, 0.5) is 4.79 Å². The van der Waals surface area contributed by atoms with Gasteiger partial charge in [-0.3, -0.25) is 0 Å². The predicted molar refractivity (Wildman–Crippen MR) is 90.1 cm³/mol. The van der Waals surface area contributed by atoms with Gasteiger partial charge >= 0.3 is 6.09 Å². The molecule has 0 saturated heterocycles. The van der Waals surface area contributed by atoms with Crippen molar-refractivity contribution >= 4 is 17.4 Å². The molecule has 0 bridgehead atoms. The number of amides is 1. The Bertz CT molecular complexity index is 670. The summed E-state index contributed by atoms with van der Waals surface area (Å²) in [5, 5.41) is 0. The number of thiophene rings is 1. The third-order valence-corrected chi connectivity index (χ3v) is 4.86. The Balaban J connectivity index is 1.77. The fraction of sp³-hybridized carbons (Fsp3) is 0.389. The predicted octanol–water partition coefficient (Wildman–Crippen LogP) is 4.71. The third-order valence-electron chi connectivity index (χ3n) is 3.58. The van der Waals surface area contributed by atoms with Crippen LogP contribution in [-0.2, 0) is 17.7 Å². The lowest BCUT2D eigenvalue weighted by molar-refractivity contribution is 0.0225. The monoisotopic (exact) mass is 315 g/mol. The first-order valence-corrected chi connectivity index (χ1v) is 8.39. The third kappa shape index (κ3) is 3.33. The van der Waals surface area contributed by atoms with Gasteiger partial charge in [0.2, 0.25) is 0 Å². The van der Waals surface area contributed by atoms with Crippen molar-refractivity contribution in [2.75, 3.05) is 6.54 Å². The number of ether oxygens (including phenoxy) is 1. The maximum Gasteiger partial charge on any atom is 0.410 e. The summed E-state index contributed by atoms with van der Waals surface area (Å²) in [4.78, 5) is 16.7. The van der Waals surface area contributed by atoms with Gasteiger partial charge in [0.25, 0.3) is 0 Å². The van der Waals surface area contributed by atoms with E-state index in [-0.39, 0.29) is 6.09 Å². The number of fused-ring (bicyclic) bond motifs is 1. The normalized spacial score (nSPS) is 14.6. The molecule has 0 radical (unpaired) electrons. The lowest BCUT2D eigenvalue weighted by atomic mass is 10.1. The fourth-order valence-electron chi connectivity index (χ4n) is 2.56. The Hall–Kier alpha value is -1.81. The van der Waals surface area contributed by atoms with Crippen LogP contribution in [0.2, 0.25) is 0 Å². The molecule has 3 rings (SSSR count). The standard InChI is InChI=1S/C18H21NO2S/c1-18(2,3)21-17(20)19-10-9-15-14(12-19)11-16(22-15)13-7-5-4-6-8-13/h4-8,11H,9-10,12H2,1-3H3. The largest absolute Gasteiger partial charge is 0.444 e. The molecule has 4 heteroatoms. The average Bonchev–Trinajstić information content (AvgIpc) is 2.89. The topological polar surface area (TPSA) is 29.5 Å². The molecule has 1 aromatic heterocycles. The SMILES string of the molecule is CC(C)(C)OC(=O)N1CCc2sc(-c3ccccc3)cc2C1. The van der Waals surface area contributed by atoms with E-state index >= 15 is 0 Å². The molecule has 1 aliphatic rings. The summed E-state index contributed by atoms with van der Waals surface area (Å²) >= 11 is 1.84. The highest BCUT2D eigenvalue weighted by Gasteiger charge is 2.27. The molecular formula is C18H21NO2S. The van der Waals surface area contributed by atoms with Gasteiger partial charge in [0.05, 0.1) is 6.54 Å². The molecular weight excluding hydrogens is 294 g/mol. The molecule has 0 saturated carbocycles. The number of nitrogens with zero attached hydrogens (tertiary/aromatic N) is 1. The first-order chi connectivity index (χ1) is 10.4. The van der Waals surface area contributed by atoms with Crippen LogP contribution in [-0.4, -0.2) is 23.1 Å². The van der Waals surface area contributed by atoms with E-state index in [0.717, 1.165) is 13.0 Å². The molecule has 2 heterocycles. The fourth-order valence-corrected chi connectivity index (χ4v) is 3.73. The van der Waals surface area contributed by atoms with Crippen LogP contribution in [0.3, 0.4) is 0 Å². The molecule has 0 N–H and O–H groups in total. The zero-order chi connectivity index (χ0) is 15.7. The van der Waals surface area contributed by atoms with Crippen molar-refractivity contribution < 1.29 is 9.53 Å². The molecule has 2 aromatic rings. The molecule has 0 fully saturated rings. The second-order valence-electron chi connectivity index (χ2n) is 6.58. The van der Waals surface area contributed by atoms with E-state index in [9.17, 15) is 4.79 Å². The molecule has 0 atom stereocenters. The highest BCUT2D eigenvalue weighted by atomic mass is 32.1. The minimum Gasteiger partial charge on any atom is -0.444 e. The molecule has 0 unspecified atom stereocenters. The van der Waals surface area contributed by atoms with Gasteiger partial charge in [0, 0.05) is 16.3 Å². The molecule has 22 heavy (non-hydrogen) atoms. The van der Waals surface area contributed by atoms with Crippen LogP contribution in [0, 0.1) is 0 Å². The maximum absolute atomic E-state index is 12.2. The van der Waals surface area contributed by atoms with E-state index in [0.29, 0.717) is 6.54 Å². The van der Waals surface area contributed by atoms with Gasteiger partial charge in [0.15, 0.2) is 0 Å². The van der Waals surface area contributed by atoms with Crippen LogP contribution < -0.4 is 0 Å². The first kappa shape index (κ1) is 15.1. The van der Waals surface area contributed by atoms with Gasteiger partial charge in [-0.15, -0.1) is 11.3 Å². The molecule has 1 amide bonds. The van der Waals surface area contributed by atoms with Crippen molar-refractivity contribution in [3.05, 3.63) is 46.8 Å². The van der Waals surface area contributed by atoms with Crippen LogP contribution in [0.5, 0.6) is 0 Å². The second kappa shape index (κ2) is 5.76. The number of hydrogen-bond acceptors (Lipinski definition) is 3.